The SMILES string of the molecule is CN(Cc1cc(CNC2CC2)no1)C1CCOC1. The van der Waals surface area contributed by atoms with E-state index in [2.05, 4.69) is 28.5 Å². The fourth-order valence-corrected chi connectivity index (χ4v) is 2.29. The normalized spacial score (nSPS) is 24.0. The van der Waals surface area contributed by atoms with Crippen LogP contribution in [0.25, 0.3) is 0 Å². The molecule has 1 aromatic rings. The molecule has 0 aromatic carbocycles. The Labute approximate surface area is 107 Å². The van der Waals surface area contributed by atoms with Crippen LogP contribution in [0, 0.1) is 0 Å². The molecule has 1 saturated heterocycles. The molecule has 1 unspecified atom stereocenters. The second kappa shape index (κ2) is 5.38. The Kier molecular flexibility index (Phi) is 3.63. The zero-order chi connectivity index (χ0) is 12.4. The predicted octanol–water partition coefficient (Wildman–Crippen LogP) is 1.15. The van der Waals surface area contributed by atoms with Crippen LogP contribution >= 0.6 is 0 Å². The summed E-state index contributed by atoms with van der Waals surface area (Å²) in [5, 5.41) is 7.54. The van der Waals surface area contributed by atoms with Crippen LogP contribution in [0.15, 0.2) is 10.6 Å². The molecular formula is C13H21N3O2. The zero-order valence-electron chi connectivity index (χ0n) is 10.9. The molecule has 100 valence electrons. The van der Waals surface area contributed by atoms with Gasteiger partial charge in [-0.15, -0.1) is 0 Å². The van der Waals surface area contributed by atoms with Crippen LogP contribution in [0.3, 0.4) is 0 Å². The molecule has 5 nitrogen and oxygen atoms in total. The lowest BCUT2D eigenvalue weighted by atomic mass is 10.2. The van der Waals surface area contributed by atoms with Gasteiger partial charge in [-0.2, -0.15) is 0 Å². The van der Waals surface area contributed by atoms with Gasteiger partial charge >= 0.3 is 0 Å². The molecule has 1 N–H and O–H groups in total. The Morgan fingerprint density at radius 3 is 3.06 bits per heavy atom. The highest BCUT2D eigenvalue weighted by Crippen LogP contribution is 2.19. The summed E-state index contributed by atoms with van der Waals surface area (Å²) in [5.41, 5.74) is 1.01. The largest absolute Gasteiger partial charge is 0.380 e. The Hall–Kier alpha value is -0.910. The van der Waals surface area contributed by atoms with Gasteiger partial charge in [-0.1, -0.05) is 5.16 Å². The molecule has 2 heterocycles. The molecular weight excluding hydrogens is 230 g/mol. The molecule has 5 heteroatoms. The number of ether oxygens (including phenoxy) is 1. The molecule has 1 aromatic heterocycles. The summed E-state index contributed by atoms with van der Waals surface area (Å²) < 4.78 is 10.8. The first-order valence-electron chi connectivity index (χ1n) is 6.77. The molecule has 0 radical (unpaired) electrons. The molecule has 2 fully saturated rings. The summed E-state index contributed by atoms with van der Waals surface area (Å²) in [6.07, 6.45) is 3.71. The molecule has 2 aliphatic rings. The van der Waals surface area contributed by atoms with E-state index in [-0.39, 0.29) is 0 Å². The number of nitrogens with zero attached hydrogens (tertiary/aromatic N) is 2. The Bertz CT molecular complexity index is 383. The van der Waals surface area contributed by atoms with Gasteiger partial charge in [0, 0.05) is 31.3 Å². The average molecular weight is 251 g/mol. The topological polar surface area (TPSA) is 50.5 Å². The van der Waals surface area contributed by atoms with Gasteiger partial charge in [0.25, 0.3) is 0 Å². The van der Waals surface area contributed by atoms with E-state index in [1.54, 1.807) is 0 Å². The third-order valence-corrected chi connectivity index (χ3v) is 3.69. The highest BCUT2D eigenvalue weighted by Gasteiger charge is 2.22. The molecule has 18 heavy (non-hydrogen) atoms. The summed E-state index contributed by atoms with van der Waals surface area (Å²) in [5.74, 6) is 0.942. The maximum atomic E-state index is 5.40. The molecule has 3 rings (SSSR count). The monoisotopic (exact) mass is 251 g/mol. The number of likely N-dealkylation sites (N-methyl/N-ethyl adjacent to an activating group) is 1. The van der Waals surface area contributed by atoms with Crippen LogP contribution in [0.1, 0.15) is 30.7 Å². The number of rotatable bonds is 6. The van der Waals surface area contributed by atoms with Gasteiger partial charge in [0.2, 0.25) is 0 Å². The number of hydrogen-bond donors (Lipinski definition) is 1. The minimum Gasteiger partial charge on any atom is -0.380 e. The van der Waals surface area contributed by atoms with Gasteiger partial charge in [0.1, 0.15) is 0 Å². The van der Waals surface area contributed by atoms with Gasteiger partial charge < -0.3 is 14.6 Å². The van der Waals surface area contributed by atoms with Crippen LogP contribution in [0.5, 0.6) is 0 Å². The second-order valence-corrected chi connectivity index (χ2v) is 5.37. The van der Waals surface area contributed by atoms with E-state index < -0.39 is 0 Å². The zero-order valence-corrected chi connectivity index (χ0v) is 10.9. The minimum atomic E-state index is 0.517. The fraction of sp³-hybridized carbons (Fsp3) is 0.769. The molecule has 0 amide bonds. The minimum absolute atomic E-state index is 0.517. The van der Waals surface area contributed by atoms with Crippen molar-refractivity contribution >= 4 is 0 Å². The summed E-state index contributed by atoms with van der Waals surface area (Å²) in [7, 11) is 2.12. The second-order valence-electron chi connectivity index (χ2n) is 5.37. The van der Waals surface area contributed by atoms with Crippen molar-refractivity contribution in [1.82, 2.24) is 15.4 Å². The van der Waals surface area contributed by atoms with Gasteiger partial charge in [-0.25, -0.2) is 0 Å². The van der Waals surface area contributed by atoms with Crippen molar-refractivity contribution in [3.63, 3.8) is 0 Å². The lowest BCUT2D eigenvalue weighted by Gasteiger charge is -2.20. The van der Waals surface area contributed by atoms with Crippen LogP contribution in [0.2, 0.25) is 0 Å². The lowest BCUT2D eigenvalue weighted by Crippen LogP contribution is -2.31. The van der Waals surface area contributed by atoms with Crippen molar-refractivity contribution in [2.45, 2.75) is 44.4 Å². The van der Waals surface area contributed by atoms with Crippen LogP contribution in [-0.4, -0.2) is 42.4 Å². The van der Waals surface area contributed by atoms with Crippen LogP contribution in [0.4, 0.5) is 0 Å². The van der Waals surface area contributed by atoms with E-state index >= 15 is 0 Å². The quantitative estimate of drug-likeness (QED) is 0.822. The molecule has 1 saturated carbocycles. The first kappa shape index (κ1) is 12.1. The molecule has 1 aliphatic heterocycles. The third-order valence-electron chi connectivity index (χ3n) is 3.69. The standard InChI is InChI=1S/C13H21N3O2/c1-16(12-4-5-17-9-12)8-13-6-11(15-18-13)7-14-10-2-3-10/h6,10,12,14H,2-5,7-9H2,1H3. The van der Waals surface area contributed by atoms with Gasteiger partial charge in [0.05, 0.1) is 18.8 Å². The maximum Gasteiger partial charge on any atom is 0.151 e. The Morgan fingerprint density at radius 2 is 2.33 bits per heavy atom. The first-order valence-corrected chi connectivity index (χ1v) is 6.77. The molecule has 1 atom stereocenters. The number of aromatic nitrogens is 1. The molecule has 1 aliphatic carbocycles. The van der Waals surface area contributed by atoms with Crippen molar-refractivity contribution in [2.75, 3.05) is 20.3 Å². The van der Waals surface area contributed by atoms with E-state index in [0.717, 1.165) is 44.2 Å². The van der Waals surface area contributed by atoms with Crippen molar-refractivity contribution in [3.8, 4) is 0 Å². The van der Waals surface area contributed by atoms with Gasteiger partial charge in [-0.05, 0) is 26.3 Å². The van der Waals surface area contributed by atoms with E-state index in [4.69, 9.17) is 9.26 Å². The third kappa shape index (κ3) is 3.10. The van der Waals surface area contributed by atoms with Gasteiger partial charge in [-0.3, -0.25) is 4.90 Å². The fourth-order valence-electron chi connectivity index (χ4n) is 2.29. The van der Waals surface area contributed by atoms with Crippen molar-refractivity contribution in [2.24, 2.45) is 0 Å². The van der Waals surface area contributed by atoms with Crippen molar-refractivity contribution in [3.05, 3.63) is 17.5 Å². The summed E-state index contributed by atoms with van der Waals surface area (Å²) in [6.45, 7) is 3.34. The maximum absolute atomic E-state index is 5.40. The van der Waals surface area contributed by atoms with Crippen molar-refractivity contribution in [1.29, 1.82) is 0 Å². The number of nitrogens with one attached hydrogen (secondary N) is 1. The highest BCUT2D eigenvalue weighted by molar-refractivity contribution is 5.06. The Morgan fingerprint density at radius 1 is 1.44 bits per heavy atom. The summed E-state index contributed by atoms with van der Waals surface area (Å²) >= 11 is 0. The summed E-state index contributed by atoms with van der Waals surface area (Å²) in [6, 6.07) is 3.29. The van der Waals surface area contributed by atoms with Gasteiger partial charge in [0.15, 0.2) is 5.76 Å². The van der Waals surface area contributed by atoms with E-state index in [0.29, 0.717) is 12.1 Å². The molecule has 0 bridgehead atoms. The number of hydrogen-bond acceptors (Lipinski definition) is 5. The predicted molar refractivity (Wildman–Crippen MR) is 67.1 cm³/mol. The van der Waals surface area contributed by atoms with Crippen LogP contribution in [-0.2, 0) is 17.8 Å². The van der Waals surface area contributed by atoms with E-state index in [9.17, 15) is 0 Å². The van der Waals surface area contributed by atoms with E-state index in [1.807, 2.05) is 0 Å². The highest BCUT2D eigenvalue weighted by atomic mass is 16.5. The molecule has 0 spiro atoms. The van der Waals surface area contributed by atoms with Crippen LogP contribution < -0.4 is 5.32 Å². The first-order chi connectivity index (χ1) is 8.81. The van der Waals surface area contributed by atoms with E-state index in [1.165, 1.54) is 12.8 Å². The Balaban J connectivity index is 1.48. The summed E-state index contributed by atoms with van der Waals surface area (Å²) in [4.78, 5) is 2.28. The lowest BCUT2D eigenvalue weighted by molar-refractivity contribution is 0.150. The average Bonchev–Trinajstić information content (AvgIpc) is 2.88. The smallest absolute Gasteiger partial charge is 0.151 e. The van der Waals surface area contributed by atoms with Crippen molar-refractivity contribution < 1.29 is 9.26 Å².